The Labute approximate surface area is 171 Å². The van der Waals surface area contributed by atoms with Crippen LogP contribution in [0.1, 0.15) is 17.3 Å². The Balaban J connectivity index is 2.27. The van der Waals surface area contributed by atoms with Gasteiger partial charge in [0.15, 0.2) is 6.61 Å². The molecule has 2 rings (SSSR count). The van der Waals surface area contributed by atoms with Crippen LogP contribution in [-0.2, 0) is 23.3 Å². The Morgan fingerprint density at radius 2 is 1.86 bits per heavy atom. The first-order valence-electron chi connectivity index (χ1n) is 7.96. The van der Waals surface area contributed by atoms with E-state index >= 15 is 0 Å². The number of carbonyl (C=O) groups excluding carboxylic acids is 2. The maximum absolute atomic E-state index is 12.1. The molecule has 0 aliphatic rings. The maximum Gasteiger partial charge on any atom is 0.342 e. The van der Waals surface area contributed by atoms with E-state index in [2.05, 4.69) is 10.2 Å². The van der Waals surface area contributed by atoms with Crippen molar-refractivity contribution in [2.75, 3.05) is 6.61 Å². The fourth-order valence-electron chi connectivity index (χ4n) is 2.05. The predicted octanol–water partition coefficient (Wildman–Crippen LogP) is 3.34. The highest BCUT2D eigenvalue weighted by atomic mass is 35.7. The zero-order valence-electron chi connectivity index (χ0n) is 15.0. The van der Waals surface area contributed by atoms with Crippen LogP contribution in [0.3, 0.4) is 0 Å². The maximum atomic E-state index is 12.1. The zero-order valence-corrected chi connectivity index (χ0v) is 16.6. The first-order valence-corrected chi connectivity index (χ1v) is 10.3. The first kappa shape index (κ1) is 22.0. The predicted molar refractivity (Wildman–Crippen MR) is 101 cm³/mol. The summed E-state index contributed by atoms with van der Waals surface area (Å²) in [7, 11) is 1.28. The fourth-order valence-corrected chi connectivity index (χ4v) is 2.84. The lowest BCUT2D eigenvalue weighted by atomic mass is 10.2. The second-order valence-corrected chi connectivity index (χ2v) is 8.13. The monoisotopic (exact) mass is 435 g/mol. The highest BCUT2D eigenvalue weighted by molar-refractivity contribution is 8.13. The Morgan fingerprint density at radius 1 is 1.17 bits per heavy atom. The van der Waals surface area contributed by atoms with Crippen LogP contribution in [0, 0.1) is 11.3 Å². The van der Waals surface area contributed by atoms with Gasteiger partial charge >= 0.3 is 17.7 Å². The van der Waals surface area contributed by atoms with Gasteiger partial charge in [-0.1, -0.05) is 24.3 Å². The number of benzene rings is 2. The van der Waals surface area contributed by atoms with Crippen molar-refractivity contribution in [1.29, 1.82) is 5.26 Å². The van der Waals surface area contributed by atoms with E-state index in [4.69, 9.17) is 20.2 Å². The van der Waals surface area contributed by atoms with Crippen molar-refractivity contribution < 1.29 is 27.5 Å². The van der Waals surface area contributed by atoms with E-state index in [9.17, 15) is 23.3 Å². The number of esters is 2. The van der Waals surface area contributed by atoms with Crippen LogP contribution in [-0.4, -0.2) is 32.7 Å². The number of hydrogen-bond donors (Lipinski definition) is 0. The third kappa shape index (κ3) is 6.38. The standard InChI is InChI=1S/C18H14ClN3O6S/c1-13(23)28-18(11-20,12-27-17(24)14-6-3-2-4-7-14)22-21-15-8-5-9-16(10-15)29(19,25)26/h2-10H,12H2,1H3. The van der Waals surface area contributed by atoms with Crippen LogP contribution >= 0.6 is 10.7 Å². The molecule has 2 aromatic carbocycles. The number of carbonyl (C=O) groups is 2. The van der Waals surface area contributed by atoms with Gasteiger partial charge in [-0.05, 0) is 30.3 Å². The SMILES string of the molecule is CC(=O)OC(C#N)(COC(=O)c1ccccc1)N=Nc1cccc(S(=O)(=O)Cl)c1. The van der Waals surface area contributed by atoms with E-state index in [1.165, 1.54) is 30.3 Å². The molecular weight excluding hydrogens is 422 g/mol. The smallest absolute Gasteiger partial charge is 0.342 e. The highest BCUT2D eigenvalue weighted by Gasteiger charge is 2.36. The molecule has 0 amide bonds. The van der Waals surface area contributed by atoms with E-state index < -0.39 is 33.3 Å². The first-order chi connectivity index (χ1) is 13.6. The van der Waals surface area contributed by atoms with Gasteiger partial charge in [0.25, 0.3) is 9.05 Å². The average Bonchev–Trinajstić information content (AvgIpc) is 2.70. The van der Waals surface area contributed by atoms with Crippen LogP contribution in [0.4, 0.5) is 5.69 Å². The molecule has 0 saturated heterocycles. The molecule has 9 nitrogen and oxygen atoms in total. The number of hydrogen-bond acceptors (Lipinski definition) is 9. The van der Waals surface area contributed by atoms with Crippen LogP contribution in [0.25, 0.3) is 0 Å². The van der Waals surface area contributed by atoms with Gasteiger partial charge in [0.05, 0.1) is 16.1 Å². The summed E-state index contributed by atoms with van der Waals surface area (Å²) in [6.45, 7) is 0.315. The minimum absolute atomic E-state index is 0.0212. The number of halogens is 1. The van der Waals surface area contributed by atoms with Crippen molar-refractivity contribution in [2.24, 2.45) is 10.2 Å². The number of nitrogens with zero attached hydrogens (tertiary/aromatic N) is 3. The molecule has 0 saturated carbocycles. The molecule has 29 heavy (non-hydrogen) atoms. The molecule has 0 bridgehead atoms. The molecule has 0 heterocycles. The summed E-state index contributed by atoms with van der Waals surface area (Å²) in [6, 6.07) is 14.7. The lowest BCUT2D eigenvalue weighted by Gasteiger charge is -2.20. The second-order valence-electron chi connectivity index (χ2n) is 5.57. The number of azo groups is 1. The topological polar surface area (TPSA) is 135 Å². The van der Waals surface area contributed by atoms with Gasteiger partial charge < -0.3 is 9.47 Å². The minimum Gasteiger partial charge on any atom is -0.454 e. The molecule has 0 radical (unpaired) electrons. The summed E-state index contributed by atoms with van der Waals surface area (Å²) in [5.41, 5.74) is -2.02. The van der Waals surface area contributed by atoms with Crippen LogP contribution < -0.4 is 0 Å². The molecule has 0 aliphatic carbocycles. The number of rotatable bonds is 7. The molecule has 0 aromatic heterocycles. The molecule has 150 valence electrons. The van der Waals surface area contributed by atoms with Crippen molar-refractivity contribution in [3.63, 3.8) is 0 Å². The third-order valence-electron chi connectivity index (χ3n) is 3.32. The van der Waals surface area contributed by atoms with E-state index in [0.717, 1.165) is 13.0 Å². The molecule has 0 fully saturated rings. The quantitative estimate of drug-likeness (QED) is 0.369. The Hall–Kier alpha value is -3.29. The minimum atomic E-state index is -4.00. The zero-order chi connectivity index (χ0) is 21.5. The molecule has 2 aromatic rings. The van der Waals surface area contributed by atoms with Crippen LogP contribution in [0.5, 0.6) is 0 Å². The average molecular weight is 436 g/mol. The number of nitriles is 1. The molecule has 0 aliphatic heterocycles. The Morgan fingerprint density at radius 3 is 2.45 bits per heavy atom. The van der Waals surface area contributed by atoms with Crippen LogP contribution in [0.15, 0.2) is 69.7 Å². The molecular formula is C18H14ClN3O6S. The molecule has 1 unspecified atom stereocenters. The van der Waals surface area contributed by atoms with Gasteiger partial charge in [-0.25, -0.2) is 13.2 Å². The summed E-state index contributed by atoms with van der Waals surface area (Å²) in [6.07, 6.45) is 0. The van der Waals surface area contributed by atoms with Crippen molar-refractivity contribution in [3.05, 3.63) is 60.2 Å². The summed E-state index contributed by atoms with van der Waals surface area (Å²) in [5, 5.41) is 16.9. The lowest BCUT2D eigenvalue weighted by molar-refractivity contribution is -0.154. The highest BCUT2D eigenvalue weighted by Crippen LogP contribution is 2.24. The molecule has 1 atom stereocenters. The normalized spacial score (nSPS) is 13.3. The van der Waals surface area contributed by atoms with Gasteiger partial charge in [0, 0.05) is 17.6 Å². The number of ether oxygens (including phenoxy) is 2. The summed E-state index contributed by atoms with van der Waals surface area (Å²) in [4.78, 5) is 23.3. The van der Waals surface area contributed by atoms with E-state index in [1.807, 2.05) is 0 Å². The van der Waals surface area contributed by atoms with Crippen molar-refractivity contribution in [1.82, 2.24) is 0 Å². The molecule has 0 N–H and O–H groups in total. The summed E-state index contributed by atoms with van der Waals surface area (Å²) >= 11 is 0. The van der Waals surface area contributed by atoms with Gasteiger partial charge in [-0.15, -0.1) is 5.11 Å². The summed E-state index contributed by atoms with van der Waals surface area (Å²) < 4.78 is 32.8. The van der Waals surface area contributed by atoms with Crippen molar-refractivity contribution in [2.45, 2.75) is 17.5 Å². The summed E-state index contributed by atoms with van der Waals surface area (Å²) in [5.74, 6) is -1.62. The third-order valence-corrected chi connectivity index (χ3v) is 4.67. The van der Waals surface area contributed by atoms with E-state index in [0.29, 0.717) is 0 Å². The Bertz CT molecular complexity index is 1080. The lowest BCUT2D eigenvalue weighted by Crippen LogP contribution is -2.36. The second kappa shape index (κ2) is 9.27. The largest absolute Gasteiger partial charge is 0.454 e. The molecule has 0 spiro atoms. The van der Waals surface area contributed by atoms with Crippen molar-refractivity contribution in [3.8, 4) is 6.07 Å². The van der Waals surface area contributed by atoms with Crippen molar-refractivity contribution >= 4 is 37.4 Å². The van der Waals surface area contributed by atoms with Crippen LogP contribution in [0.2, 0.25) is 0 Å². The van der Waals surface area contributed by atoms with Gasteiger partial charge in [-0.2, -0.15) is 10.4 Å². The van der Waals surface area contributed by atoms with E-state index in [1.54, 1.807) is 24.3 Å². The van der Waals surface area contributed by atoms with E-state index in [-0.39, 0.29) is 16.1 Å². The van der Waals surface area contributed by atoms with Gasteiger partial charge in [0.2, 0.25) is 0 Å². The van der Waals surface area contributed by atoms with Gasteiger partial charge in [0.1, 0.15) is 6.07 Å². The Kier molecular flexibility index (Phi) is 7.03. The molecule has 11 heteroatoms. The van der Waals surface area contributed by atoms with Gasteiger partial charge in [-0.3, -0.25) is 4.79 Å². The fraction of sp³-hybridized carbons (Fsp3) is 0.167.